The molecule has 3 heteroatoms. The maximum atomic E-state index is 5.78. The van der Waals surface area contributed by atoms with Crippen LogP contribution >= 0.6 is 0 Å². The van der Waals surface area contributed by atoms with E-state index in [9.17, 15) is 0 Å². The Bertz CT molecular complexity index is 419. The zero-order valence-electron chi connectivity index (χ0n) is 13.8. The lowest BCUT2D eigenvalue weighted by atomic mass is 9.82. The monoisotopic (exact) mass is 290 g/mol. The maximum absolute atomic E-state index is 5.78. The summed E-state index contributed by atoms with van der Waals surface area (Å²) in [5, 5.41) is 3.58. The van der Waals surface area contributed by atoms with E-state index in [-0.39, 0.29) is 0 Å². The SMILES string of the molecule is CC1CCCC(CNc2cccc(OCCN(C)C)c2)C1. The van der Waals surface area contributed by atoms with Gasteiger partial charge in [0.15, 0.2) is 0 Å². The average Bonchev–Trinajstić information content (AvgIpc) is 2.45. The van der Waals surface area contributed by atoms with Gasteiger partial charge < -0.3 is 15.0 Å². The lowest BCUT2D eigenvalue weighted by molar-refractivity contribution is 0.261. The van der Waals surface area contributed by atoms with E-state index < -0.39 is 0 Å². The van der Waals surface area contributed by atoms with Gasteiger partial charge in [0.25, 0.3) is 0 Å². The minimum Gasteiger partial charge on any atom is -0.492 e. The summed E-state index contributed by atoms with van der Waals surface area (Å²) in [6.07, 6.45) is 5.54. The van der Waals surface area contributed by atoms with Crippen LogP contribution < -0.4 is 10.1 Å². The second-order valence-electron chi connectivity index (χ2n) is 6.70. The van der Waals surface area contributed by atoms with E-state index >= 15 is 0 Å². The fraction of sp³-hybridized carbons (Fsp3) is 0.667. The van der Waals surface area contributed by atoms with Gasteiger partial charge in [0.2, 0.25) is 0 Å². The number of hydrogen-bond acceptors (Lipinski definition) is 3. The van der Waals surface area contributed by atoms with E-state index in [1.165, 1.54) is 31.4 Å². The Kier molecular flexibility index (Phi) is 6.37. The molecule has 0 aliphatic heterocycles. The molecule has 0 bridgehead atoms. The van der Waals surface area contributed by atoms with Gasteiger partial charge in [-0.25, -0.2) is 0 Å². The number of anilines is 1. The molecule has 0 saturated heterocycles. The lowest BCUT2D eigenvalue weighted by Gasteiger charge is -2.27. The van der Waals surface area contributed by atoms with Gasteiger partial charge in [-0.2, -0.15) is 0 Å². The molecule has 1 aromatic rings. The van der Waals surface area contributed by atoms with E-state index in [2.05, 4.69) is 49.4 Å². The molecular weight excluding hydrogens is 260 g/mol. The standard InChI is InChI=1S/C18H30N2O/c1-15-6-4-7-16(12-15)14-19-17-8-5-9-18(13-17)21-11-10-20(2)3/h5,8-9,13,15-16,19H,4,6-7,10-12,14H2,1-3H3. The molecule has 1 saturated carbocycles. The van der Waals surface area contributed by atoms with Crippen LogP contribution in [-0.2, 0) is 0 Å². The van der Waals surface area contributed by atoms with Gasteiger partial charge in [-0.05, 0) is 50.9 Å². The summed E-state index contributed by atoms with van der Waals surface area (Å²) < 4.78 is 5.78. The molecule has 3 nitrogen and oxygen atoms in total. The van der Waals surface area contributed by atoms with Crippen molar-refractivity contribution in [2.75, 3.05) is 39.1 Å². The Morgan fingerprint density at radius 1 is 1.29 bits per heavy atom. The van der Waals surface area contributed by atoms with Gasteiger partial charge in [-0.3, -0.25) is 0 Å². The molecule has 1 N–H and O–H groups in total. The van der Waals surface area contributed by atoms with Crippen molar-refractivity contribution in [3.8, 4) is 5.75 Å². The van der Waals surface area contributed by atoms with Crippen molar-refractivity contribution in [2.45, 2.75) is 32.6 Å². The highest BCUT2D eigenvalue weighted by Crippen LogP contribution is 2.29. The highest BCUT2D eigenvalue weighted by molar-refractivity contribution is 5.48. The molecule has 1 aromatic carbocycles. The van der Waals surface area contributed by atoms with Gasteiger partial charge in [0, 0.05) is 24.8 Å². The molecule has 1 fully saturated rings. The van der Waals surface area contributed by atoms with Gasteiger partial charge in [0.05, 0.1) is 0 Å². The topological polar surface area (TPSA) is 24.5 Å². The second-order valence-corrected chi connectivity index (χ2v) is 6.70. The molecule has 0 spiro atoms. The molecule has 0 heterocycles. The van der Waals surface area contributed by atoms with Crippen LogP contribution in [-0.4, -0.2) is 38.7 Å². The van der Waals surface area contributed by atoms with Crippen molar-refractivity contribution < 1.29 is 4.74 Å². The summed E-state index contributed by atoms with van der Waals surface area (Å²) in [6, 6.07) is 8.34. The van der Waals surface area contributed by atoms with Crippen molar-refractivity contribution in [2.24, 2.45) is 11.8 Å². The van der Waals surface area contributed by atoms with Gasteiger partial charge in [-0.1, -0.05) is 25.8 Å². The predicted molar refractivity (Wildman–Crippen MR) is 90.1 cm³/mol. The van der Waals surface area contributed by atoms with Crippen molar-refractivity contribution in [3.05, 3.63) is 24.3 Å². The van der Waals surface area contributed by atoms with Crippen molar-refractivity contribution in [3.63, 3.8) is 0 Å². The zero-order valence-corrected chi connectivity index (χ0v) is 13.8. The van der Waals surface area contributed by atoms with Crippen molar-refractivity contribution in [1.82, 2.24) is 4.90 Å². The third-order valence-electron chi connectivity index (χ3n) is 4.28. The molecule has 0 amide bonds. The third-order valence-corrected chi connectivity index (χ3v) is 4.28. The number of nitrogens with one attached hydrogen (secondary N) is 1. The van der Waals surface area contributed by atoms with E-state index in [0.717, 1.165) is 37.3 Å². The van der Waals surface area contributed by atoms with Crippen LogP contribution in [0.5, 0.6) is 5.75 Å². The van der Waals surface area contributed by atoms with Crippen LogP contribution in [0.2, 0.25) is 0 Å². The number of benzene rings is 1. The smallest absolute Gasteiger partial charge is 0.121 e. The van der Waals surface area contributed by atoms with Crippen LogP contribution in [0.15, 0.2) is 24.3 Å². The van der Waals surface area contributed by atoms with E-state index in [1.54, 1.807) is 0 Å². The quantitative estimate of drug-likeness (QED) is 0.825. The third kappa shape index (κ3) is 5.96. The van der Waals surface area contributed by atoms with Gasteiger partial charge in [-0.15, -0.1) is 0 Å². The van der Waals surface area contributed by atoms with Crippen LogP contribution in [0.4, 0.5) is 5.69 Å². The van der Waals surface area contributed by atoms with Crippen molar-refractivity contribution >= 4 is 5.69 Å². The van der Waals surface area contributed by atoms with Gasteiger partial charge >= 0.3 is 0 Å². The molecule has 2 atom stereocenters. The lowest BCUT2D eigenvalue weighted by Crippen LogP contribution is -2.21. The van der Waals surface area contributed by atoms with Gasteiger partial charge in [0.1, 0.15) is 12.4 Å². The summed E-state index contributed by atoms with van der Waals surface area (Å²) in [6.45, 7) is 5.14. The van der Waals surface area contributed by atoms with E-state index in [1.807, 2.05) is 6.07 Å². The first-order valence-electron chi connectivity index (χ1n) is 8.25. The summed E-state index contributed by atoms with van der Waals surface area (Å²) in [5.41, 5.74) is 1.18. The average molecular weight is 290 g/mol. The molecule has 2 unspecified atom stereocenters. The minimum absolute atomic E-state index is 0.733. The van der Waals surface area contributed by atoms with Crippen LogP contribution in [0.3, 0.4) is 0 Å². The van der Waals surface area contributed by atoms with E-state index in [0.29, 0.717) is 0 Å². The Hall–Kier alpha value is -1.22. The van der Waals surface area contributed by atoms with E-state index in [4.69, 9.17) is 4.74 Å². The first-order chi connectivity index (χ1) is 10.1. The molecule has 0 radical (unpaired) electrons. The summed E-state index contributed by atoms with van der Waals surface area (Å²) in [7, 11) is 4.12. The fourth-order valence-corrected chi connectivity index (χ4v) is 3.05. The van der Waals surface area contributed by atoms with Crippen LogP contribution in [0.25, 0.3) is 0 Å². The zero-order chi connectivity index (χ0) is 15.1. The predicted octanol–water partition coefficient (Wildman–Crippen LogP) is 3.87. The molecule has 21 heavy (non-hydrogen) atoms. The number of likely N-dealkylation sites (N-methyl/N-ethyl adjacent to an activating group) is 1. The Balaban J connectivity index is 1.77. The maximum Gasteiger partial charge on any atom is 0.121 e. The second kappa shape index (κ2) is 8.28. The Morgan fingerprint density at radius 3 is 2.90 bits per heavy atom. The normalized spacial score (nSPS) is 22.3. The molecule has 2 rings (SSSR count). The number of nitrogens with zero attached hydrogens (tertiary/aromatic N) is 1. The Labute approximate surface area is 129 Å². The molecular formula is C18H30N2O. The number of ether oxygens (including phenoxy) is 1. The number of rotatable bonds is 7. The fourth-order valence-electron chi connectivity index (χ4n) is 3.05. The highest BCUT2D eigenvalue weighted by atomic mass is 16.5. The van der Waals surface area contributed by atoms with Crippen LogP contribution in [0, 0.1) is 11.8 Å². The molecule has 1 aliphatic carbocycles. The Morgan fingerprint density at radius 2 is 2.14 bits per heavy atom. The summed E-state index contributed by atoms with van der Waals surface area (Å²) >= 11 is 0. The summed E-state index contributed by atoms with van der Waals surface area (Å²) in [4.78, 5) is 2.13. The molecule has 1 aliphatic rings. The van der Waals surface area contributed by atoms with Crippen LogP contribution in [0.1, 0.15) is 32.6 Å². The largest absolute Gasteiger partial charge is 0.492 e. The van der Waals surface area contributed by atoms with Crippen molar-refractivity contribution in [1.29, 1.82) is 0 Å². The highest BCUT2D eigenvalue weighted by Gasteiger charge is 2.18. The summed E-state index contributed by atoms with van der Waals surface area (Å²) in [5.74, 6) is 2.68. The molecule has 0 aromatic heterocycles. The first-order valence-corrected chi connectivity index (χ1v) is 8.25. The first kappa shape index (κ1) is 16.2. The molecule has 118 valence electrons. The minimum atomic E-state index is 0.733. The number of hydrogen-bond donors (Lipinski definition) is 1.